The van der Waals surface area contributed by atoms with Gasteiger partial charge in [0.15, 0.2) is 0 Å². The lowest BCUT2D eigenvalue weighted by molar-refractivity contribution is -0.392. The van der Waals surface area contributed by atoms with Crippen LogP contribution in [-0.2, 0) is 12.4 Å². The zero-order valence-electron chi connectivity index (χ0n) is 9.04. The molecule has 2 rings (SSSR count). The summed E-state index contributed by atoms with van der Waals surface area (Å²) in [7, 11) is 0. The highest BCUT2D eigenvalue weighted by molar-refractivity contribution is 6.16. The number of hydrogen-bond acceptors (Lipinski definition) is 2. The Morgan fingerprint density at radius 3 is 2.47 bits per heavy atom. The molecule has 0 aliphatic rings. The molecule has 0 fully saturated rings. The van der Waals surface area contributed by atoms with Crippen LogP contribution in [0.1, 0.15) is 11.3 Å². The third-order valence-corrected chi connectivity index (χ3v) is 2.83. The van der Waals surface area contributed by atoms with Gasteiger partial charge in [-0.3, -0.25) is 0 Å². The van der Waals surface area contributed by atoms with Crippen LogP contribution < -0.4 is 0 Å². The Morgan fingerprint density at radius 2 is 1.88 bits per heavy atom. The highest BCUT2D eigenvalue weighted by Crippen LogP contribution is 2.20. The van der Waals surface area contributed by atoms with Gasteiger partial charge in [0.25, 0.3) is 0 Å². The monoisotopic (exact) mass is 250 g/mol. The van der Waals surface area contributed by atoms with Crippen LogP contribution in [0.3, 0.4) is 0 Å². The normalized spacial score (nSPS) is 10.4. The van der Waals surface area contributed by atoms with Crippen molar-refractivity contribution in [2.75, 3.05) is 0 Å². The van der Waals surface area contributed by atoms with E-state index in [1.807, 2.05) is 30.3 Å². The Hall–Kier alpha value is -1.81. The maximum Gasteiger partial charge on any atom is 0.323 e. The Balaban J connectivity index is 2.37. The molecule has 1 heterocycles. The van der Waals surface area contributed by atoms with Gasteiger partial charge in [0, 0.05) is 6.07 Å². The first-order valence-electron chi connectivity index (χ1n) is 5.15. The molecule has 88 valence electrons. The molecular weight excluding hydrogens is 240 g/mol. The zero-order chi connectivity index (χ0) is 12.3. The third-order valence-electron chi connectivity index (χ3n) is 2.56. The van der Waals surface area contributed by atoms with Gasteiger partial charge in [-0.1, -0.05) is 30.3 Å². The van der Waals surface area contributed by atoms with Crippen molar-refractivity contribution in [3.63, 3.8) is 0 Å². The summed E-state index contributed by atoms with van der Waals surface area (Å²) in [5.74, 6) is 0.338. The average Bonchev–Trinajstić information content (AvgIpc) is 2.73. The molecule has 0 spiro atoms. The van der Waals surface area contributed by atoms with E-state index in [1.165, 1.54) is 6.07 Å². The Bertz CT molecular complexity index is 523. The summed E-state index contributed by atoms with van der Waals surface area (Å²) >= 11 is 5.77. The number of hydrogen-bond donors (Lipinski definition) is 0. The van der Waals surface area contributed by atoms with Crippen LogP contribution in [0.2, 0.25) is 0 Å². The Morgan fingerprint density at radius 1 is 1.18 bits per heavy atom. The molecular formula is C12H11ClN2O2. The third kappa shape index (κ3) is 2.47. The van der Waals surface area contributed by atoms with Gasteiger partial charge >= 0.3 is 5.82 Å². The highest BCUT2D eigenvalue weighted by atomic mass is 35.5. The molecule has 0 saturated heterocycles. The minimum Gasteiger partial charge on any atom is -0.358 e. The lowest BCUT2D eigenvalue weighted by Crippen LogP contribution is -2.06. The summed E-state index contributed by atoms with van der Waals surface area (Å²) in [5.41, 5.74) is 1.76. The number of nitrogens with zero attached hydrogens (tertiary/aromatic N) is 2. The van der Waals surface area contributed by atoms with Crippen LogP contribution in [-0.4, -0.2) is 9.49 Å². The van der Waals surface area contributed by atoms with Crippen molar-refractivity contribution >= 4 is 17.4 Å². The standard InChI is InChI=1S/C12H11ClN2O2/c13-8-11-6-7-12(15(16)17)14(11)9-10-4-2-1-3-5-10/h1-7H,8-9H2. The Kier molecular flexibility index (Phi) is 3.44. The quantitative estimate of drug-likeness (QED) is 0.475. The van der Waals surface area contributed by atoms with E-state index < -0.39 is 0 Å². The van der Waals surface area contributed by atoms with Crippen molar-refractivity contribution in [2.45, 2.75) is 12.4 Å². The van der Waals surface area contributed by atoms with E-state index in [4.69, 9.17) is 11.6 Å². The number of halogens is 1. The molecule has 0 atom stereocenters. The molecule has 0 bridgehead atoms. The van der Waals surface area contributed by atoms with Crippen LogP contribution in [0, 0.1) is 10.1 Å². The predicted molar refractivity (Wildman–Crippen MR) is 66.2 cm³/mol. The number of alkyl halides is 1. The topological polar surface area (TPSA) is 48.1 Å². The van der Waals surface area contributed by atoms with Crippen LogP contribution in [0.15, 0.2) is 42.5 Å². The van der Waals surface area contributed by atoms with Crippen molar-refractivity contribution in [3.8, 4) is 0 Å². The molecule has 0 aliphatic carbocycles. The summed E-state index contributed by atoms with van der Waals surface area (Å²) in [4.78, 5) is 10.5. The smallest absolute Gasteiger partial charge is 0.323 e. The lowest BCUT2D eigenvalue weighted by Gasteiger charge is -2.04. The summed E-state index contributed by atoms with van der Waals surface area (Å²) in [6, 6.07) is 12.8. The maximum absolute atomic E-state index is 10.9. The number of rotatable bonds is 4. The number of aromatic nitrogens is 1. The fraction of sp³-hybridized carbons (Fsp3) is 0.167. The van der Waals surface area contributed by atoms with Gasteiger partial charge in [-0.15, -0.1) is 11.6 Å². The second-order valence-electron chi connectivity index (χ2n) is 3.65. The first-order valence-corrected chi connectivity index (χ1v) is 5.68. The molecule has 4 nitrogen and oxygen atoms in total. The molecule has 0 radical (unpaired) electrons. The van der Waals surface area contributed by atoms with Crippen LogP contribution in [0.5, 0.6) is 0 Å². The predicted octanol–water partition coefficient (Wildman–Crippen LogP) is 3.18. The van der Waals surface area contributed by atoms with E-state index >= 15 is 0 Å². The van der Waals surface area contributed by atoms with Crippen LogP contribution in [0.25, 0.3) is 0 Å². The molecule has 2 aromatic rings. The van der Waals surface area contributed by atoms with E-state index in [0.29, 0.717) is 6.54 Å². The molecule has 0 amide bonds. The second kappa shape index (κ2) is 5.01. The SMILES string of the molecule is O=[N+]([O-])c1ccc(CCl)n1Cc1ccccc1. The first-order chi connectivity index (χ1) is 8.22. The fourth-order valence-electron chi connectivity index (χ4n) is 1.72. The van der Waals surface area contributed by atoms with Crippen LogP contribution in [0.4, 0.5) is 5.82 Å². The van der Waals surface area contributed by atoms with Gasteiger partial charge in [0.05, 0.1) is 5.88 Å². The summed E-state index contributed by atoms with van der Waals surface area (Å²) in [6.07, 6.45) is 0. The molecule has 5 heteroatoms. The average molecular weight is 251 g/mol. The van der Waals surface area contributed by atoms with Crippen molar-refractivity contribution in [1.82, 2.24) is 4.57 Å². The molecule has 1 aromatic carbocycles. The van der Waals surface area contributed by atoms with Crippen LogP contribution >= 0.6 is 11.6 Å². The molecule has 0 saturated carbocycles. The first kappa shape index (κ1) is 11.7. The molecule has 0 aliphatic heterocycles. The van der Waals surface area contributed by atoms with Gasteiger partial charge in [0.1, 0.15) is 12.2 Å². The molecule has 0 N–H and O–H groups in total. The van der Waals surface area contributed by atoms with Gasteiger partial charge in [-0.05, 0) is 16.6 Å². The van der Waals surface area contributed by atoms with E-state index in [2.05, 4.69) is 0 Å². The fourth-order valence-corrected chi connectivity index (χ4v) is 1.96. The van der Waals surface area contributed by atoms with Crippen molar-refractivity contribution < 1.29 is 4.92 Å². The van der Waals surface area contributed by atoms with Crippen molar-refractivity contribution in [1.29, 1.82) is 0 Å². The summed E-state index contributed by atoms with van der Waals surface area (Å²) in [5, 5.41) is 10.9. The van der Waals surface area contributed by atoms with Crippen molar-refractivity contribution in [2.24, 2.45) is 0 Å². The zero-order valence-corrected chi connectivity index (χ0v) is 9.80. The van der Waals surface area contributed by atoms with Crippen molar-refractivity contribution in [3.05, 3.63) is 63.8 Å². The van der Waals surface area contributed by atoms with E-state index in [0.717, 1.165) is 11.3 Å². The van der Waals surface area contributed by atoms with Gasteiger partial charge in [-0.25, -0.2) is 4.57 Å². The Labute approximate surface area is 104 Å². The van der Waals surface area contributed by atoms with Gasteiger partial charge < -0.3 is 10.1 Å². The number of benzene rings is 1. The maximum atomic E-state index is 10.9. The lowest BCUT2D eigenvalue weighted by atomic mass is 10.2. The summed E-state index contributed by atoms with van der Waals surface area (Å²) < 4.78 is 1.63. The van der Waals surface area contributed by atoms with E-state index in [1.54, 1.807) is 10.6 Å². The van der Waals surface area contributed by atoms with Gasteiger partial charge in [0.2, 0.25) is 0 Å². The second-order valence-corrected chi connectivity index (χ2v) is 3.91. The minimum atomic E-state index is -0.390. The summed E-state index contributed by atoms with van der Waals surface area (Å²) in [6.45, 7) is 0.464. The van der Waals surface area contributed by atoms with E-state index in [-0.39, 0.29) is 16.6 Å². The van der Waals surface area contributed by atoms with E-state index in [9.17, 15) is 10.1 Å². The molecule has 1 aromatic heterocycles. The number of nitro groups is 1. The largest absolute Gasteiger partial charge is 0.358 e. The molecule has 17 heavy (non-hydrogen) atoms. The van der Waals surface area contributed by atoms with Gasteiger partial charge in [-0.2, -0.15) is 0 Å². The highest BCUT2D eigenvalue weighted by Gasteiger charge is 2.17. The minimum absolute atomic E-state index is 0.0736. The molecule has 0 unspecified atom stereocenters.